The lowest BCUT2D eigenvalue weighted by Crippen LogP contribution is -2.61. The van der Waals surface area contributed by atoms with Crippen LogP contribution in [0.25, 0.3) is 0 Å². The minimum absolute atomic E-state index is 0.0843. The first-order chi connectivity index (χ1) is 30.4. The monoisotopic (exact) mass is 904 g/mol. The van der Waals surface area contributed by atoms with E-state index >= 15 is 0 Å². The summed E-state index contributed by atoms with van der Waals surface area (Å²) in [5.74, 6) is -7.60. The Labute approximate surface area is 382 Å². The Balaban J connectivity index is 1.66. The second-order valence-corrected chi connectivity index (χ2v) is 19.7. The largest absolute Gasteiger partial charge is 0.460 e. The topological polar surface area (TPSA) is 195 Å². The van der Waals surface area contributed by atoms with Crippen molar-refractivity contribution in [2.45, 2.75) is 199 Å². The van der Waals surface area contributed by atoms with Gasteiger partial charge < -0.3 is 43.9 Å². The first-order valence-electron chi connectivity index (χ1n) is 24.2. The number of carbonyl (C=O) groups excluding carboxylic acids is 5. The molecule has 2 saturated heterocycles. The highest BCUT2D eigenvalue weighted by molar-refractivity contribution is 6.39. The van der Waals surface area contributed by atoms with Crippen LogP contribution in [0.5, 0.6) is 0 Å². The van der Waals surface area contributed by atoms with Gasteiger partial charge in [0.1, 0.15) is 30.1 Å². The molecule has 0 spiro atoms. The molecule has 0 radical (unpaired) electrons. The Morgan fingerprint density at radius 2 is 1.55 bits per heavy atom. The van der Waals surface area contributed by atoms with Crippen molar-refractivity contribution in [1.82, 2.24) is 4.90 Å². The number of cyclic esters (lactones) is 1. The summed E-state index contributed by atoms with van der Waals surface area (Å²) in [5.41, 5.74) is 0.408. The predicted molar refractivity (Wildman–Crippen MR) is 241 cm³/mol. The van der Waals surface area contributed by atoms with Crippen LogP contribution < -0.4 is 0 Å². The number of aliphatic hydroxyl groups is 3. The highest BCUT2D eigenvalue weighted by atomic mass is 16.6. The Morgan fingerprint density at radius 3 is 2.23 bits per heavy atom. The lowest BCUT2D eigenvalue weighted by Gasteiger charge is -2.43. The van der Waals surface area contributed by atoms with Crippen LogP contribution >= 0.6 is 0 Å². The normalized spacial score (nSPS) is 39.9. The number of carbonyl (C=O) groups is 5. The summed E-state index contributed by atoms with van der Waals surface area (Å²) in [6.07, 6.45) is 9.80. The Bertz CT molecular complexity index is 1610. The minimum Gasteiger partial charge on any atom is -0.460 e. The van der Waals surface area contributed by atoms with Crippen molar-refractivity contribution in [2.24, 2.45) is 35.5 Å². The number of Topliss-reactive ketones (excluding diaryl/α,β-unsaturated/α-hetero) is 3. The first kappa shape index (κ1) is 53.8. The first-order valence-corrected chi connectivity index (χ1v) is 24.2. The third-order valence-corrected chi connectivity index (χ3v) is 14.8. The van der Waals surface area contributed by atoms with Crippen molar-refractivity contribution in [3.8, 4) is 0 Å². The van der Waals surface area contributed by atoms with Gasteiger partial charge in [0, 0.05) is 58.5 Å². The van der Waals surface area contributed by atoms with Crippen LogP contribution in [-0.2, 0) is 47.7 Å². The second kappa shape index (κ2) is 25.3. The minimum atomic E-state index is -2.40. The van der Waals surface area contributed by atoms with E-state index in [-0.39, 0.29) is 66.8 Å². The maximum absolute atomic E-state index is 14.4. The molecule has 0 aromatic heterocycles. The number of allylic oxidation sites excluding steroid dienone is 3. The standard InChI is InChI=1S/C50H81NO13/c1-30-17-13-11-10-12-14-18-31(2)44(54)46(62-9)45(55)34(5)25-32(3)40(53)29-42(33(4)26-36-21-23-39(52)43(27-36)61-8)63-49(58)38-19-15-16-24-51(38)48(57)47(56)50(59)35(6)20-22-37(64-50)28-41(30)60-7/h11,13,25,30-33,35-39,41-43,45-46,52,55,59H,10,12,14-24,26-29H2,1-9H3/b13-11+,34-25+/t30?,31-,32-,33-,35-,36-,37+,38+,39-,41+,42+,43-,45-,46+,50-/m1/s1. The molecule has 15 atom stereocenters. The number of hydrogen-bond acceptors (Lipinski definition) is 13. The molecule has 1 unspecified atom stereocenters. The van der Waals surface area contributed by atoms with E-state index in [2.05, 4.69) is 19.1 Å². The molecule has 1 amide bonds. The fourth-order valence-corrected chi connectivity index (χ4v) is 10.3. The van der Waals surface area contributed by atoms with Gasteiger partial charge in [-0.15, -0.1) is 0 Å². The summed E-state index contributed by atoms with van der Waals surface area (Å²) < 4.78 is 29.4. The molecule has 3 fully saturated rings. The van der Waals surface area contributed by atoms with Gasteiger partial charge in [0.05, 0.1) is 24.4 Å². The van der Waals surface area contributed by atoms with Crippen LogP contribution in [0, 0.1) is 35.5 Å². The lowest BCUT2D eigenvalue weighted by atomic mass is 9.78. The molecule has 3 N–H and O–H groups in total. The summed E-state index contributed by atoms with van der Waals surface area (Å²) in [5, 5.41) is 33.8. The van der Waals surface area contributed by atoms with Crippen LogP contribution in [0.2, 0.25) is 0 Å². The van der Waals surface area contributed by atoms with Crippen molar-refractivity contribution < 1.29 is 63.0 Å². The average molecular weight is 904 g/mol. The van der Waals surface area contributed by atoms with Gasteiger partial charge in [-0.3, -0.25) is 19.2 Å². The van der Waals surface area contributed by atoms with E-state index < -0.39 is 71.8 Å². The number of ketones is 3. The van der Waals surface area contributed by atoms with Gasteiger partial charge in [0.25, 0.3) is 11.7 Å². The number of rotatable bonds is 6. The summed E-state index contributed by atoms with van der Waals surface area (Å²) in [4.78, 5) is 71.6. The van der Waals surface area contributed by atoms with Crippen LogP contribution in [0.1, 0.15) is 144 Å². The number of ether oxygens (including phenoxy) is 5. The maximum Gasteiger partial charge on any atom is 0.329 e. The third kappa shape index (κ3) is 14.1. The number of nitrogens with zero attached hydrogens (tertiary/aromatic N) is 1. The van der Waals surface area contributed by atoms with E-state index in [4.69, 9.17) is 23.7 Å². The van der Waals surface area contributed by atoms with Crippen molar-refractivity contribution in [3.05, 3.63) is 23.8 Å². The number of aliphatic hydroxyl groups excluding tert-OH is 2. The van der Waals surface area contributed by atoms with Crippen LogP contribution in [0.15, 0.2) is 23.8 Å². The van der Waals surface area contributed by atoms with Gasteiger partial charge in [0.15, 0.2) is 5.78 Å². The van der Waals surface area contributed by atoms with Gasteiger partial charge in [-0.25, -0.2) is 4.79 Å². The molecule has 4 rings (SSSR count). The summed E-state index contributed by atoms with van der Waals surface area (Å²) >= 11 is 0. The highest BCUT2D eigenvalue weighted by Crippen LogP contribution is 2.38. The fourth-order valence-electron chi connectivity index (χ4n) is 10.3. The fraction of sp³-hybridized carbons (Fsp3) is 0.820. The Hall–Kier alpha value is -2.85. The summed E-state index contributed by atoms with van der Waals surface area (Å²) in [7, 11) is 4.59. The smallest absolute Gasteiger partial charge is 0.329 e. The zero-order chi connectivity index (χ0) is 47.3. The third-order valence-electron chi connectivity index (χ3n) is 14.8. The molecule has 4 aliphatic rings. The van der Waals surface area contributed by atoms with Crippen molar-refractivity contribution >= 4 is 29.2 Å². The zero-order valence-electron chi connectivity index (χ0n) is 40.2. The molecule has 0 aromatic carbocycles. The Morgan fingerprint density at radius 1 is 0.844 bits per heavy atom. The number of fused-ring (bicyclic) bond motifs is 3. The van der Waals surface area contributed by atoms with E-state index in [0.717, 1.165) is 32.1 Å². The van der Waals surface area contributed by atoms with Crippen LogP contribution in [0.4, 0.5) is 0 Å². The number of esters is 1. The molecule has 14 heteroatoms. The molecule has 364 valence electrons. The van der Waals surface area contributed by atoms with E-state index in [0.29, 0.717) is 63.4 Å². The highest BCUT2D eigenvalue weighted by Gasteiger charge is 2.53. The quantitative estimate of drug-likeness (QED) is 0.154. The average Bonchev–Trinajstić information content (AvgIpc) is 3.28. The summed E-state index contributed by atoms with van der Waals surface area (Å²) in [6.45, 7) is 11.0. The van der Waals surface area contributed by atoms with Crippen molar-refractivity contribution in [1.29, 1.82) is 0 Å². The molecule has 3 aliphatic heterocycles. The molecular weight excluding hydrogens is 823 g/mol. The lowest BCUT2D eigenvalue weighted by molar-refractivity contribution is -0.267. The molecule has 2 bridgehead atoms. The van der Waals surface area contributed by atoms with E-state index in [1.807, 2.05) is 13.8 Å². The van der Waals surface area contributed by atoms with Crippen LogP contribution in [0.3, 0.4) is 0 Å². The molecular formula is C50H81NO13. The van der Waals surface area contributed by atoms with Gasteiger partial charge in [-0.05, 0) is 114 Å². The molecule has 14 nitrogen and oxygen atoms in total. The molecule has 1 aliphatic carbocycles. The molecule has 3 heterocycles. The number of piperidine rings is 1. The second-order valence-electron chi connectivity index (χ2n) is 19.7. The van der Waals surface area contributed by atoms with Crippen LogP contribution in [-0.4, -0.2) is 132 Å². The number of hydrogen-bond donors (Lipinski definition) is 3. The van der Waals surface area contributed by atoms with Gasteiger partial charge in [-0.2, -0.15) is 0 Å². The van der Waals surface area contributed by atoms with Crippen molar-refractivity contribution in [3.63, 3.8) is 0 Å². The number of methoxy groups -OCH3 is 3. The zero-order valence-corrected chi connectivity index (χ0v) is 40.2. The van der Waals surface area contributed by atoms with Crippen molar-refractivity contribution in [2.75, 3.05) is 27.9 Å². The van der Waals surface area contributed by atoms with E-state index in [9.17, 15) is 39.3 Å². The predicted octanol–water partition coefficient (Wildman–Crippen LogP) is 6.24. The Kier molecular flexibility index (Phi) is 21.3. The van der Waals surface area contributed by atoms with E-state index in [1.165, 1.54) is 12.0 Å². The SMILES string of the molecule is CO[C@H]1C[C@@H]2CC[C@@H](C)[C@@](O)(O2)C(=O)C(=O)N2CCCC[C@H]2C(=O)O[C@H]([C@H](C)C[C@H]2CC[C@@H](O)[C@H](OC)C2)CC(=O)[C@H](C)/C=C(\C)[C@@H](O)[C@@H](OC)C(=O)[C@H](C)CCCC/C=C/CC1C. The van der Waals surface area contributed by atoms with E-state index in [1.54, 1.807) is 41.1 Å². The van der Waals surface area contributed by atoms with Gasteiger partial charge in [0.2, 0.25) is 5.79 Å². The molecule has 1 saturated carbocycles. The molecule has 64 heavy (non-hydrogen) atoms. The summed E-state index contributed by atoms with van der Waals surface area (Å²) in [6, 6.07) is -1.13. The van der Waals surface area contributed by atoms with Gasteiger partial charge in [-0.1, -0.05) is 59.3 Å². The molecule has 0 aromatic rings. The number of amides is 1. The van der Waals surface area contributed by atoms with Gasteiger partial charge >= 0.3 is 5.97 Å². The maximum atomic E-state index is 14.4.